The van der Waals surface area contributed by atoms with Gasteiger partial charge < -0.3 is 34.9 Å². The highest BCUT2D eigenvalue weighted by molar-refractivity contribution is 7.91. The van der Waals surface area contributed by atoms with Crippen LogP contribution in [0.15, 0.2) is 72.9 Å². The maximum absolute atomic E-state index is 14.7. The molecule has 4 amide bonds. The van der Waals surface area contributed by atoms with Gasteiger partial charge >= 0.3 is 6.09 Å². The average Bonchev–Trinajstić information content (AvgIpc) is 4.10. The molecular weight excluding hydrogens is 805 g/mol. The largest absolute Gasteiger partial charge is 0.491 e. The molecule has 0 spiro atoms. The molecule has 16 nitrogen and oxygen atoms in total. The predicted octanol–water partition coefficient (Wildman–Crippen LogP) is 4.99. The van der Waals surface area contributed by atoms with Crippen LogP contribution in [0.3, 0.4) is 0 Å². The van der Waals surface area contributed by atoms with Crippen LogP contribution >= 0.6 is 0 Å². The first kappa shape index (κ1) is 43.5. The minimum atomic E-state index is -4.05. The van der Waals surface area contributed by atoms with Crippen LogP contribution in [0.5, 0.6) is 11.5 Å². The predicted molar refractivity (Wildman–Crippen MR) is 225 cm³/mol. The summed E-state index contributed by atoms with van der Waals surface area (Å²) in [6.45, 7) is 8.94. The van der Waals surface area contributed by atoms with Crippen molar-refractivity contribution in [3.63, 3.8) is 0 Å². The first-order valence-electron chi connectivity index (χ1n) is 20.9. The second-order valence-electron chi connectivity index (χ2n) is 16.9. The molecule has 2 saturated carbocycles. The third kappa shape index (κ3) is 9.67. The van der Waals surface area contributed by atoms with Crippen LogP contribution < -0.4 is 24.8 Å². The second-order valence-corrected chi connectivity index (χ2v) is 19.1. The Kier molecular flexibility index (Phi) is 12.4. The Morgan fingerprint density at radius 1 is 1.07 bits per heavy atom. The molecule has 17 heteroatoms. The number of nitrogens with one attached hydrogen (secondary N) is 3. The molecule has 2 aromatic heterocycles. The Balaban J connectivity index is 1.24. The van der Waals surface area contributed by atoms with Gasteiger partial charge in [-0.2, -0.15) is 0 Å². The third-order valence-electron chi connectivity index (χ3n) is 11.8. The topological polar surface area (TPSA) is 215 Å². The van der Waals surface area contributed by atoms with Gasteiger partial charge in [-0.15, -0.1) is 0 Å². The van der Waals surface area contributed by atoms with Gasteiger partial charge in [-0.25, -0.2) is 18.2 Å². The number of aromatic nitrogens is 2. The van der Waals surface area contributed by atoms with Gasteiger partial charge in [0.25, 0.3) is 5.91 Å². The number of carboxylic acid groups (broad SMARTS) is 1. The number of carbonyl (C=O) groups is 4. The number of hydrogen-bond donors (Lipinski definition) is 4. The van der Waals surface area contributed by atoms with Gasteiger partial charge in [-0.1, -0.05) is 25.1 Å². The van der Waals surface area contributed by atoms with E-state index in [2.05, 4.69) is 20.3 Å². The Morgan fingerprint density at radius 3 is 2.46 bits per heavy atom. The van der Waals surface area contributed by atoms with Gasteiger partial charge in [0.1, 0.15) is 35.2 Å². The number of hydrogen-bond acceptors (Lipinski definition) is 11. The highest BCUT2D eigenvalue weighted by Crippen LogP contribution is 2.47. The molecule has 0 radical (unpaired) electrons. The van der Waals surface area contributed by atoms with E-state index in [-0.39, 0.29) is 38.0 Å². The Labute approximate surface area is 355 Å². The summed E-state index contributed by atoms with van der Waals surface area (Å²) in [6, 6.07) is 13.8. The fraction of sp³-hybridized carbons (Fsp3) is 0.500. The van der Waals surface area contributed by atoms with E-state index in [9.17, 15) is 32.7 Å². The van der Waals surface area contributed by atoms with Crippen LogP contribution in [0.2, 0.25) is 0 Å². The zero-order chi connectivity index (χ0) is 43.7. The van der Waals surface area contributed by atoms with E-state index in [0.29, 0.717) is 54.3 Å². The summed E-state index contributed by atoms with van der Waals surface area (Å²) in [5.74, 6) is -1.71. The van der Waals surface area contributed by atoms with Crippen molar-refractivity contribution >= 4 is 33.8 Å². The van der Waals surface area contributed by atoms with Crippen LogP contribution in [0.25, 0.3) is 22.6 Å². The lowest BCUT2D eigenvalue weighted by Crippen LogP contribution is -2.60. The van der Waals surface area contributed by atoms with Gasteiger partial charge in [0.05, 0.1) is 46.7 Å². The molecule has 61 heavy (non-hydrogen) atoms. The molecule has 2 aliphatic carbocycles. The highest BCUT2D eigenvalue weighted by Gasteiger charge is 2.63. The molecule has 3 fully saturated rings. The van der Waals surface area contributed by atoms with Crippen molar-refractivity contribution in [3.05, 3.63) is 72.9 Å². The number of benzene rings is 1. The fourth-order valence-corrected chi connectivity index (χ4v) is 9.28. The van der Waals surface area contributed by atoms with E-state index in [4.69, 9.17) is 19.2 Å². The Hall–Kier alpha value is -5.55. The summed E-state index contributed by atoms with van der Waals surface area (Å²) in [7, 11) is -4.05. The lowest BCUT2D eigenvalue weighted by molar-refractivity contribution is -0.145. The summed E-state index contributed by atoms with van der Waals surface area (Å²) >= 11 is 0. The molecular formula is C44H54N6O10S. The number of fused-ring (bicyclic) bond motifs is 2. The maximum Gasteiger partial charge on any atom is 0.405 e. The van der Waals surface area contributed by atoms with Gasteiger partial charge in [0.15, 0.2) is 0 Å². The van der Waals surface area contributed by atoms with Crippen LogP contribution in [0.4, 0.5) is 4.79 Å². The van der Waals surface area contributed by atoms with E-state index < -0.39 is 74.3 Å². The molecule has 0 bridgehead atoms. The van der Waals surface area contributed by atoms with Gasteiger partial charge in [0, 0.05) is 36.2 Å². The molecule has 1 saturated heterocycles. The molecule has 1 aromatic carbocycles. The lowest BCUT2D eigenvalue weighted by Gasteiger charge is -2.33. The van der Waals surface area contributed by atoms with Gasteiger partial charge in [0.2, 0.25) is 21.8 Å². The minimum absolute atomic E-state index is 0.0116. The number of sulfonamides is 1. The van der Waals surface area contributed by atoms with Gasteiger partial charge in [-0.05, 0) is 103 Å². The normalized spacial score (nSPS) is 27.9. The average molecular weight is 859 g/mol. The smallest absolute Gasteiger partial charge is 0.405 e. The molecule has 4 aliphatic rings. The van der Waals surface area contributed by atoms with Crippen LogP contribution in [0, 0.1) is 5.92 Å². The molecule has 4 heterocycles. The quantitative estimate of drug-likeness (QED) is 0.188. The molecule has 3 aromatic rings. The van der Waals surface area contributed by atoms with Crippen molar-refractivity contribution in [3.8, 4) is 34.1 Å². The summed E-state index contributed by atoms with van der Waals surface area (Å²) in [6.07, 6.45) is 4.02. The lowest BCUT2D eigenvalue weighted by atomic mass is 10.0. The fourth-order valence-electron chi connectivity index (χ4n) is 7.97. The van der Waals surface area contributed by atoms with E-state index >= 15 is 0 Å². The standard InChI is InChI=1S/C44H54N6O10S/c1-6-37-38(47-42(54)55)40(52)50-25-32(60-31-21-34(28-14-16-30(17-15-28)58-26(2)3)46-35(22-31)33-13-9-10-20-45-33)23-36(50)39(51)48-44(24-29(44)12-8-7-11-27(4)59-37)41(53)49-61(56,57)43(5)18-19-43/h8-10,12-17,20-22,26-27,29,32,36-38,47H,6-7,11,18-19,23-25H2,1-5H3,(H,48,51)(H,49,53)(H,54,55)/b12-8-/t27-,29-,32-,36+,37+,38+,44?/m1/s1. The monoisotopic (exact) mass is 858 g/mol. The maximum atomic E-state index is 14.7. The summed E-state index contributed by atoms with van der Waals surface area (Å²) in [4.78, 5) is 66.1. The van der Waals surface area contributed by atoms with E-state index in [1.807, 2.05) is 63.2 Å². The van der Waals surface area contributed by atoms with Crippen molar-refractivity contribution < 1.29 is 46.9 Å². The van der Waals surface area contributed by atoms with Crippen molar-refractivity contribution in [1.29, 1.82) is 0 Å². The number of amides is 4. The number of ether oxygens (including phenoxy) is 3. The first-order valence-corrected chi connectivity index (χ1v) is 22.4. The van der Waals surface area contributed by atoms with Crippen LogP contribution in [0.1, 0.15) is 79.6 Å². The van der Waals surface area contributed by atoms with Crippen molar-refractivity contribution in [2.24, 2.45) is 5.92 Å². The summed E-state index contributed by atoms with van der Waals surface area (Å²) in [5.41, 5.74) is 0.827. The van der Waals surface area contributed by atoms with Crippen LogP contribution in [-0.2, 0) is 29.1 Å². The van der Waals surface area contributed by atoms with E-state index in [1.165, 1.54) is 4.90 Å². The van der Waals surface area contributed by atoms with Crippen molar-refractivity contribution in [2.75, 3.05) is 6.54 Å². The zero-order valence-electron chi connectivity index (χ0n) is 35.0. The molecule has 7 atom stereocenters. The number of pyridine rings is 2. The van der Waals surface area contributed by atoms with Crippen molar-refractivity contribution in [2.45, 2.75) is 126 Å². The Morgan fingerprint density at radius 2 is 1.80 bits per heavy atom. The van der Waals surface area contributed by atoms with E-state index in [1.54, 1.807) is 44.3 Å². The SMILES string of the molecule is CC[C@@H]1O[C@H](C)CC/C=C\[C@@H]2CC2(C(=O)NS(=O)(=O)C2(C)CC2)NC(=O)[C@@H]2C[C@@H](Oc3cc(-c4ccc(OC(C)C)cc4)nc(-c4ccccn4)c3)CN2C(=O)[C@H]1NC(=O)O. The first-order chi connectivity index (χ1) is 29.0. The van der Waals surface area contributed by atoms with Crippen LogP contribution in [-0.4, -0.2) is 106 Å². The highest BCUT2D eigenvalue weighted by atomic mass is 32.2. The Bertz CT molecular complexity index is 2270. The number of carbonyl (C=O) groups excluding carboxylic acids is 3. The van der Waals surface area contributed by atoms with Gasteiger partial charge in [-0.3, -0.25) is 24.1 Å². The third-order valence-corrected chi connectivity index (χ3v) is 14.0. The number of nitrogens with zero attached hydrogens (tertiary/aromatic N) is 3. The summed E-state index contributed by atoms with van der Waals surface area (Å²) < 4.78 is 46.4. The number of rotatable bonds is 11. The summed E-state index contributed by atoms with van der Waals surface area (Å²) in [5, 5.41) is 15.1. The van der Waals surface area contributed by atoms with Crippen molar-refractivity contribution in [1.82, 2.24) is 30.2 Å². The van der Waals surface area contributed by atoms with E-state index in [0.717, 1.165) is 5.56 Å². The second kappa shape index (κ2) is 17.4. The molecule has 4 N–H and O–H groups in total. The molecule has 326 valence electrons. The molecule has 1 unspecified atom stereocenters. The minimum Gasteiger partial charge on any atom is -0.491 e. The number of allylic oxidation sites excluding steroid dienone is 1. The molecule has 7 rings (SSSR count). The zero-order valence-corrected chi connectivity index (χ0v) is 35.8. The molecule has 2 aliphatic heterocycles.